The van der Waals surface area contributed by atoms with Crippen LogP contribution in [0.25, 0.3) is 0 Å². The maximum absolute atomic E-state index is 12.0. The first kappa shape index (κ1) is 23.2. The van der Waals surface area contributed by atoms with Crippen LogP contribution in [0, 0.1) is 5.92 Å². The van der Waals surface area contributed by atoms with Gasteiger partial charge in [-0.15, -0.1) is 0 Å². The Labute approximate surface area is 145 Å². The van der Waals surface area contributed by atoms with E-state index in [-0.39, 0.29) is 19.4 Å². The molecule has 1 amide bonds. The maximum Gasteiger partial charge on any atom is 0.328 e. The number of rotatable bonds is 12. The topological polar surface area (TPSA) is 163 Å². The molecule has 0 saturated heterocycles. The molecule has 0 aliphatic rings. The molecule has 3 atom stereocenters. The van der Waals surface area contributed by atoms with E-state index in [1.807, 2.05) is 0 Å². The van der Waals surface area contributed by atoms with Gasteiger partial charge in [-0.3, -0.25) is 9.59 Å². The largest absolute Gasteiger partial charge is 0.463 e. The molecule has 0 radical (unpaired) electrons. The molecular formula is C15H27NO9. The summed E-state index contributed by atoms with van der Waals surface area (Å²) in [5.74, 6) is -2.40. The summed E-state index contributed by atoms with van der Waals surface area (Å²) in [6.45, 7) is 1.27. The summed E-state index contributed by atoms with van der Waals surface area (Å²) in [5.41, 5.74) is 0. The van der Waals surface area contributed by atoms with Crippen molar-refractivity contribution in [3.63, 3.8) is 0 Å². The average Bonchev–Trinajstić information content (AvgIpc) is 2.59. The van der Waals surface area contributed by atoms with E-state index in [4.69, 9.17) is 24.8 Å². The van der Waals surface area contributed by atoms with E-state index in [1.165, 1.54) is 0 Å². The van der Waals surface area contributed by atoms with E-state index in [2.05, 4.69) is 5.32 Å². The Morgan fingerprint density at radius 1 is 0.960 bits per heavy atom. The SMILES string of the molecule is CC(C)C(=O)NC(CCC(=O)OCC(O)CO)C(=O)OCC(O)CO. The van der Waals surface area contributed by atoms with Crippen LogP contribution in [0.5, 0.6) is 0 Å². The summed E-state index contributed by atoms with van der Waals surface area (Å²) in [4.78, 5) is 35.3. The minimum atomic E-state index is -1.24. The smallest absolute Gasteiger partial charge is 0.328 e. The monoisotopic (exact) mass is 365 g/mol. The Kier molecular flexibility index (Phi) is 11.7. The zero-order valence-corrected chi connectivity index (χ0v) is 14.4. The Bertz CT molecular complexity index is 427. The Morgan fingerprint density at radius 2 is 1.48 bits per heavy atom. The highest BCUT2D eigenvalue weighted by atomic mass is 16.5. The number of nitrogens with one attached hydrogen (secondary N) is 1. The number of hydrogen-bond donors (Lipinski definition) is 5. The molecule has 0 heterocycles. The first-order valence-electron chi connectivity index (χ1n) is 7.91. The number of aliphatic hydroxyl groups is 4. The van der Waals surface area contributed by atoms with E-state index in [0.29, 0.717) is 0 Å². The molecule has 0 saturated carbocycles. The van der Waals surface area contributed by atoms with Crippen LogP contribution < -0.4 is 5.32 Å². The molecule has 0 fully saturated rings. The highest BCUT2D eigenvalue weighted by Crippen LogP contribution is 2.05. The van der Waals surface area contributed by atoms with Crippen molar-refractivity contribution in [3.05, 3.63) is 0 Å². The van der Waals surface area contributed by atoms with E-state index in [0.717, 1.165) is 0 Å². The van der Waals surface area contributed by atoms with Crippen molar-refractivity contribution in [1.82, 2.24) is 5.32 Å². The fourth-order valence-corrected chi connectivity index (χ4v) is 1.50. The van der Waals surface area contributed by atoms with Gasteiger partial charge in [-0.25, -0.2) is 4.79 Å². The number of esters is 2. The van der Waals surface area contributed by atoms with Gasteiger partial charge in [0.15, 0.2) is 0 Å². The summed E-state index contributed by atoms with van der Waals surface area (Å²) < 4.78 is 9.50. The number of amides is 1. The highest BCUT2D eigenvalue weighted by molar-refractivity contribution is 5.85. The van der Waals surface area contributed by atoms with Crippen molar-refractivity contribution in [1.29, 1.82) is 0 Å². The first-order chi connectivity index (χ1) is 11.7. The molecule has 10 nitrogen and oxygen atoms in total. The number of ether oxygens (including phenoxy) is 2. The van der Waals surface area contributed by atoms with Gasteiger partial charge < -0.3 is 35.2 Å². The van der Waals surface area contributed by atoms with E-state index in [9.17, 15) is 19.5 Å². The van der Waals surface area contributed by atoms with Gasteiger partial charge in [0.25, 0.3) is 0 Å². The lowest BCUT2D eigenvalue weighted by molar-refractivity contribution is -0.153. The third kappa shape index (κ3) is 10.7. The van der Waals surface area contributed by atoms with Gasteiger partial charge in [0.2, 0.25) is 5.91 Å². The fraction of sp³-hybridized carbons (Fsp3) is 0.800. The van der Waals surface area contributed by atoms with Crippen LogP contribution in [0.4, 0.5) is 0 Å². The van der Waals surface area contributed by atoms with Crippen molar-refractivity contribution in [2.45, 2.75) is 44.9 Å². The fourth-order valence-electron chi connectivity index (χ4n) is 1.50. The van der Waals surface area contributed by atoms with Crippen LogP contribution in [-0.4, -0.2) is 82.9 Å². The number of carbonyl (C=O) groups is 3. The van der Waals surface area contributed by atoms with Gasteiger partial charge >= 0.3 is 11.9 Å². The molecule has 10 heteroatoms. The van der Waals surface area contributed by atoms with Gasteiger partial charge in [0, 0.05) is 12.3 Å². The standard InChI is InChI=1S/C15H27NO9/c1-9(2)14(22)16-12(15(23)25-8-11(20)6-18)3-4-13(21)24-7-10(19)5-17/h9-12,17-20H,3-8H2,1-2H3,(H,16,22). The van der Waals surface area contributed by atoms with Gasteiger partial charge in [0.05, 0.1) is 13.2 Å². The van der Waals surface area contributed by atoms with Crippen LogP contribution in [0.15, 0.2) is 0 Å². The molecular weight excluding hydrogens is 338 g/mol. The lowest BCUT2D eigenvalue weighted by Gasteiger charge is -2.19. The van der Waals surface area contributed by atoms with Gasteiger partial charge in [0.1, 0.15) is 31.5 Å². The average molecular weight is 365 g/mol. The van der Waals surface area contributed by atoms with Gasteiger partial charge in [-0.05, 0) is 6.42 Å². The summed E-state index contributed by atoms with van der Waals surface area (Å²) >= 11 is 0. The molecule has 0 aromatic carbocycles. The van der Waals surface area contributed by atoms with Crippen molar-refractivity contribution in [2.75, 3.05) is 26.4 Å². The van der Waals surface area contributed by atoms with Crippen molar-refractivity contribution in [3.8, 4) is 0 Å². The Balaban J connectivity index is 4.59. The van der Waals surface area contributed by atoms with E-state index < -0.39 is 61.8 Å². The van der Waals surface area contributed by atoms with Gasteiger partial charge in [-0.2, -0.15) is 0 Å². The van der Waals surface area contributed by atoms with Crippen molar-refractivity contribution < 1.29 is 44.3 Å². The molecule has 0 spiro atoms. The lowest BCUT2D eigenvalue weighted by Crippen LogP contribution is -2.44. The molecule has 0 aromatic heterocycles. The molecule has 0 aromatic rings. The predicted octanol–water partition coefficient (Wildman–Crippen LogP) is -2.30. The quantitative estimate of drug-likeness (QED) is 0.239. The third-order valence-electron chi connectivity index (χ3n) is 3.04. The highest BCUT2D eigenvalue weighted by Gasteiger charge is 2.25. The minimum Gasteiger partial charge on any atom is -0.463 e. The molecule has 0 aliphatic heterocycles. The molecule has 5 N–H and O–H groups in total. The second-order valence-corrected chi connectivity index (χ2v) is 5.74. The van der Waals surface area contributed by atoms with E-state index in [1.54, 1.807) is 13.8 Å². The van der Waals surface area contributed by atoms with Crippen LogP contribution >= 0.6 is 0 Å². The molecule has 25 heavy (non-hydrogen) atoms. The third-order valence-corrected chi connectivity index (χ3v) is 3.04. The zero-order chi connectivity index (χ0) is 19.4. The normalized spacial score (nSPS) is 14.5. The second-order valence-electron chi connectivity index (χ2n) is 5.74. The summed E-state index contributed by atoms with van der Waals surface area (Å²) in [7, 11) is 0. The predicted molar refractivity (Wildman–Crippen MR) is 84.1 cm³/mol. The molecule has 3 unspecified atom stereocenters. The van der Waals surface area contributed by atoms with Crippen LogP contribution in [0.1, 0.15) is 26.7 Å². The van der Waals surface area contributed by atoms with Crippen LogP contribution in [0.2, 0.25) is 0 Å². The van der Waals surface area contributed by atoms with Crippen molar-refractivity contribution >= 4 is 17.8 Å². The number of hydrogen-bond acceptors (Lipinski definition) is 9. The van der Waals surface area contributed by atoms with Crippen LogP contribution in [0.3, 0.4) is 0 Å². The molecule has 0 bridgehead atoms. The Morgan fingerprint density at radius 3 is 1.96 bits per heavy atom. The molecule has 0 aliphatic carbocycles. The first-order valence-corrected chi connectivity index (χ1v) is 7.91. The minimum absolute atomic E-state index is 0.111. The Hall–Kier alpha value is -1.75. The van der Waals surface area contributed by atoms with Crippen LogP contribution in [-0.2, 0) is 23.9 Å². The maximum atomic E-state index is 12.0. The second kappa shape index (κ2) is 12.6. The molecule has 0 rings (SSSR count). The van der Waals surface area contributed by atoms with Gasteiger partial charge in [-0.1, -0.05) is 13.8 Å². The van der Waals surface area contributed by atoms with Crippen molar-refractivity contribution in [2.24, 2.45) is 5.92 Å². The molecule has 146 valence electrons. The lowest BCUT2D eigenvalue weighted by atomic mass is 10.1. The van der Waals surface area contributed by atoms with E-state index >= 15 is 0 Å². The zero-order valence-electron chi connectivity index (χ0n) is 14.4. The summed E-state index contributed by atoms with van der Waals surface area (Å²) in [5, 5.41) is 38.0. The summed E-state index contributed by atoms with van der Waals surface area (Å²) in [6, 6.07) is -1.13. The number of aliphatic hydroxyl groups excluding tert-OH is 4. The number of carbonyl (C=O) groups excluding carboxylic acids is 3. The summed E-state index contributed by atoms with van der Waals surface area (Å²) in [6.07, 6.45) is -2.78.